The van der Waals surface area contributed by atoms with E-state index in [-0.39, 0.29) is 22.0 Å². The average molecular weight is 399 g/mol. The summed E-state index contributed by atoms with van der Waals surface area (Å²) in [6.07, 6.45) is 1.32. The van der Waals surface area contributed by atoms with Crippen LogP contribution in [0.4, 0.5) is 5.00 Å². The van der Waals surface area contributed by atoms with E-state index in [1.54, 1.807) is 6.92 Å². The van der Waals surface area contributed by atoms with Crippen LogP contribution in [-0.4, -0.2) is 36.6 Å². The van der Waals surface area contributed by atoms with Gasteiger partial charge in [0.2, 0.25) is 5.91 Å². The van der Waals surface area contributed by atoms with Crippen LogP contribution in [0, 0.1) is 6.92 Å². The van der Waals surface area contributed by atoms with Gasteiger partial charge in [0.25, 0.3) is 5.56 Å². The van der Waals surface area contributed by atoms with Crippen molar-refractivity contribution in [3.05, 3.63) is 49.7 Å². The number of nitrogens with zero attached hydrogens (tertiary/aromatic N) is 1. The average Bonchev–Trinajstić information content (AvgIpc) is 2.92. The van der Waals surface area contributed by atoms with Gasteiger partial charge in [0.05, 0.1) is 24.8 Å². The van der Waals surface area contributed by atoms with Gasteiger partial charge in [0.15, 0.2) is 0 Å². The monoisotopic (exact) mass is 398 g/mol. The maximum absolute atomic E-state index is 12.3. The van der Waals surface area contributed by atoms with Gasteiger partial charge in [-0.3, -0.25) is 9.59 Å². The maximum Gasteiger partial charge on any atom is 0.348 e. The maximum atomic E-state index is 12.3. The second-order valence-corrected chi connectivity index (χ2v) is 6.56. The van der Waals surface area contributed by atoms with E-state index in [1.807, 2.05) is 0 Å². The fourth-order valence-corrected chi connectivity index (χ4v) is 3.49. The van der Waals surface area contributed by atoms with E-state index in [1.165, 1.54) is 32.5 Å². The molecule has 0 unspecified atom stereocenters. The third-order valence-electron chi connectivity index (χ3n) is 3.42. The fraction of sp³-hybridized carbons (Fsp3) is 0.250. The molecular formula is C16H15ClN2O6S. The summed E-state index contributed by atoms with van der Waals surface area (Å²) in [5, 5.41) is 2.96. The molecule has 8 nitrogen and oxygen atoms in total. The zero-order chi connectivity index (χ0) is 19.4. The normalized spacial score (nSPS) is 10.3. The van der Waals surface area contributed by atoms with Gasteiger partial charge in [-0.25, -0.2) is 9.59 Å². The highest BCUT2D eigenvalue weighted by Crippen LogP contribution is 2.34. The third kappa shape index (κ3) is 4.12. The van der Waals surface area contributed by atoms with Crippen LogP contribution in [0.3, 0.4) is 0 Å². The number of carbonyl (C=O) groups is 3. The lowest BCUT2D eigenvalue weighted by Crippen LogP contribution is -2.26. The van der Waals surface area contributed by atoms with Crippen LogP contribution in [0.25, 0.3) is 0 Å². The predicted molar refractivity (Wildman–Crippen MR) is 96.1 cm³/mol. The van der Waals surface area contributed by atoms with Crippen molar-refractivity contribution in [3.63, 3.8) is 0 Å². The molecule has 0 spiro atoms. The van der Waals surface area contributed by atoms with Gasteiger partial charge in [-0.15, -0.1) is 11.3 Å². The summed E-state index contributed by atoms with van der Waals surface area (Å²) in [5.41, 5.74) is -0.0102. The van der Waals surface area contributed by atoms with Crippen LogP contribution in [0.1, 0.15) is 25.6 Å². The molecule has 0 fully saturated rings. The van der Waals surface area contributed by atoms with E-state index in [4.69, 9.17) is 16.3 Å². The number of rotatable bonds is 5. The SMILES string of the molecule is COC(=O)c1sc(NC(=O)Cn2cc(Cl)ccc2=O)c(C(=O)OC)c1C. The first-order valence-electron chi connectivity index (χ1n) is 7.24. The molecule has 0 radical (unpaired) electrons. The highest BCUT2D eigenvalue weighted by atomic mass is 35.5. The minimum Gasteiger partial charge on any atom is -0.465 e. The first-order valence-corrected chi connectivity index (χ1v) is 8.43. The summed E-state index contributed by atoms with van der Waals surface area (Å²) in [6, 6.07) is 2.65. The summed E-state index contributed by atoms with van der Waals surface area (Å²) in [5.74, 6) is -1.91. The quantitative estimate of drug-likeness (QED) is 0.773. The number of carbonyl (C=O) groups excluding carboxylic acids is 3. The van der Waals surface area contributed by atoms with Gasteiger partial charge in [-0.2, -0.15) is 0 Å². The largest absolute Gasteiger partial charge is 0.465 e. The number of halogens is 1. The second kappa shape index (κ2) is 8.15. The Balaban J connectivity index is 2.34. The summed E-state index contributed by atoms with van der Waals surface area (Å²) < 4.78 is 10.5. The summed E-state index contributed by atoms with van der Waals surface area (Å²) >= 11 is 6.71. The Bertz CT molecular complexity index is 933. The molecule has 0 aliphatic rings. The standard InChI is InChI=1S/C16H15ClN2O6S/c1-8-12(15(22)24-2)14(26-13(8)16(23)25-3)18-10(20)7-19-6-9(17)4-5-11(19)21/h4-6H,7H2,1-3H3,(H,18,20). The number of ether oxygens (including phenoxy) is 2. The molecule has 0 atom stereocenters. The highest BCUT2D eigenvalue weighted by molar-refractivity contribution is 7.18. The molecule has 0 aromatic carbocycles. The number of pyridine rings is 1. The number of hydrogen-bond donors (Lipinski definition) is 1. The van der Waals surface area contributed by atoms with Gasteiger partial charge in [-0.1, -0.05) is 11.6 Å². The van der Waals surface area contributed by atoms with Crippen molar-refractivity contribution < 1.29 is 23.9 Å². The Morgan fingerprint density at radius 2 is 1.85 bits per heavy atom. The van der Waals surface area contributed by atoms with Gasteiger partial charge in [0.1, 0.15) is 16.4 Å². The van der Waals surface area contributed by atoms with E-state index < -0.39 is 23.4 Å². The van der Waals surface area contributed by atoms with Gasteiger partial charge < -0.3 is 19.4 Å². The van der Waals surface area contributed by atoms with Crippen LogP contribution in [0.5, 0.6) is 0 Å². The summed E-state index contributed by atoms with van der Waals surface area (Å²) in [6.45, 7) is 1.23. The number of anilines is 1. The predicted octanol–water partition coefficient (Wildman–Crippen LogP) is 2.08. The van der Waals surface area contributed by atoms with Crippen molar-refractivity contribution >= 4 is 45.8 Å². The molecule has 2 aromatic rings. The number of thiophene rings is 1. The fourth-order valence-electron chi connectivity index (χ4n) is 2.18. The van der Waals surface area contributed by atoms with Crippen molar-refractivity contribution in [2.45, 2.75) is 13.5 Å². The smallest absolute Gasteiger partial charge is 0.348 e. The zero-order valence-electron chi connectivity index (χ0n) is 14.1. The molecule has 0 saturated carbocycles. The van der Waals surface area contributed by atoms with E-state index in [2.05, 4.69) is 10.1 Å². The Morgan fingerprint density at radius 1 is 1.19 bits per heavy atom. The number of esters is 2. The van der Waals surface area contributed by atoms with Crippen molar-refractivity contribution in [3.8, 4) is 0 Å². The van der Waals surface area contributed by atoms with Crippen LogP contribution in [0.2, 0.25) is 5.02 Å². The third-order valence-corrected chi connectivity index (χ3v) is 4.83. The van der Waals surface area contributed by atoms with Crippen LogP contribution in [0.15, 0.2) is 23.1 Å². The molecule has 26 heavy (non-hydrogen) atoms. The Kier molecular flexibility index (Phi) is 6.17. The minimum atomic E-state index is -0.705. The molecule has 1 N–H and O–H groups in total. The van der Waals surface area contributed by atoms with Crippen LogP contribution < -0.4 is 10.9 Å². The van der Waals surface area contributed by atoms with Gasteiger partial charge >= 0.3 is 11.9 Å². The molecule has 2 rings (SSSR count). The minimum absolute atomic E-state index is 0.0599. The van der Waals surface area contributed by atoms with Crippen molar-refractivity contribution in [1.82, 2.24) is 4.57 Å². The van der Waals surface area contributed by atoms with Gasteiger partial charge in [0, 0.05) is 12.3 Å². The van der Waals surface area contributed by atoms with E-state index in [0.29, 0.717) is 10.6 Å². The van der Waals surface area contributed by atoms with E-state index in [9.17, 15) is 19.2 Å². The molecule has 2 heterocycles. The first kappa shape index (κ1) is 19.7. The lowest BCUT2D eigenvalue weighted by Gasteiger charge is -2.08. The lowest BCUT2D eigenvalue weighted by atomic mass is 10.1. The lowest BCUT2D eigenvalue weighted by molar-refractivity contribution is -0.116. The molecule has 10 heteroatoms. The zero-order valence-corrected chi connectivity index (χ0v) is 15.7. The summed E-state index contributed by atoms with van der Waals surface area (Å²) in [7, 11) is 2.40. The number of methoxy groups -OCH3 is 2. The van der Waals surface area contributed by atoms with Crippen molar-refractivity contribution in [2.75, 3.05) is 19.5 Å². The number of aromatic nitrogens is 1. The highest BCUT2D eigenvalue weighted by Gasteiger charge is 2.26. The van der Waals surface area contributed by atoms with E-state index >= 15 is 0 Å². The molecule has 0 saturated heterocycles. The molecule has 0 aliphatic carbocycles. The molecule has 2 aromatic heterocycles. The second-order valence-electron chi connectivity index (χ2n) is 5.11. The first-order chi connectivity index (χ1) is 12.3. The molecule has 0 bridgehead atoms. The molecule has 0 aliphatic heterocycles. The van der Waals surface area contributed by atoms with Crippen LogP contribution >= 0.6 is 22.9 Å². The number of amides is 1. The van der Waals surface area contributed by atoms with Crippen molar-refractivity contribution in [1.29, 1.82) is 0 Å². The molecular weight excluding hydrogens is 384 g/mol. The summed E-state index contributed by atoms with van der Waals surface area (Å²) in [4.78, 5) is 48.1. The van der Waals surface area contributed by atoms with E-state index in [0.717, 1.165) is 15.9 Å². The van der Waals surface area contributed by atoms with Crippen LogP contribution in [-0.2, 0) is 20.8 Å². The Labute approximate surface area is 157 Å². The Morgan fingerprint density at radius 3 is 2.46 bits per heavy atom. The molecule has 138 valence electrons. The van der Waals surface area contributed by atoms with Crippen molar-refractivity contribution in [2.24, 2.45) is 0 Å². The Hall–Kier alpha value is -2.65. The number of hydrogen-bond acceptors (Lipinski definition) is 7. The number of nitrogens with one attached hydrogen (secondary N) is 1. The molecule has 1 amide bonds. The topological polar surface area (TPSA) is 104 Å². The van der Waals surface area contributed by atoms with Gasteiger partial charge in [-0.05, 0) is 18.6 Å².